The Balaban J connectivity index is 1.36. The molecule has 0 unspecified atom stereocenters. The van der Waals surface area contributed by atoms with Crippen LogP contribution in [0.15, 0.2) is 54.7 Å². The number of hydrogen-bond donors (Lipinski definition) is 1. The van der Waals surface area contributed by atoms with Crippen LogP contribution in [0.4, 0.5) is 11.5 Å². The van der Waals surface area contributed by atoms with Gasteiger partial charge >= 0.3 is 0 Å². The third-order valence-corrected chi connectivity index (χ3v) is 5.95. The van der Waals surface area contributed by atoms with E-state index < -0.39 is 0 Å². The predicted octanol–water partition coefficient (Wildman–Crippen LogP) is 3.94. The molecule has 1 aliphatic heterocycles. The van der Waals surface area contributed by atoms with Crippen molar-refractivity contribution in [1.82, 2.24) is 24.4 Å². The molecule has 5 rings (SSSR count). The summed E-state index contributed by atoms with van der Waals surface area (Å²) >= 11 is 0. The molecule has 1 aromatic carbocycles. The molecule has 8 nitrogen and oxygen atoms in total. The standard InChI is InChI=1S/C25H26N6O2/c1-16-12-19(29-24-6-4-5-9-26-24)14-21(27-16)23-15-31(10-11-33-23)25(32)18-7-8-22-20(13-18)28-17(2)30(22)3/h4-9,12-14,23H,10-11,15H2,1-3H3,(H,26,27,29)/t23-/m0/s1. The average Bonchev–Trinajstić information content (AvgIpc) is 3.11. The van der Waals surface area contributed by atoms with Crippen molar-refractivity contribution < 1.29 is 9.53 Å². The summed E-state index contributed by atoms with van der Waals surface area (Å²) in [6, 6.07) is 15.3. The highest BCUT2D eigenvalue weighted by Crippen LogP contribution is 2.26. The van der Waals surface area contributed by atoms with E-state index in [1.54, 1.807) is 6.20 Å². The van der Waals surface area contributed by atoms with Gasteiger partial charge in [-0.25, -0.2) is 9.97 Å². The van der Waals surface area contributed by atoms with Crippen molar-refractivity contribution in [3.63, 3.8) is 0 Å². The van der Waals surface area contributed by atoms with Crippen LogP contribution in [-0.4, -0.2) is 50.0 Å². The number of aryl methyl sites for hydroxylation is 3. The summed E-state index contributed by atoms with van der Waals surface area (Å²) < 4.78 is 8.04. The van der Waals surface area contributed by atoms with Crippen LogP contribution in [0, 0.1) is 13.8 Å². The van der Waals surface area contributed by atoms with Crippen molar-refractivity contribution in [2.45, 2.75) is 20.0 Å². The first-order valence-electron chi connectivity index (χ1n) is 11.0. The number of pyridine rings is 2. The van der Waals surface area contributed by atoms with E-state index in [1.165, 1.54) is 0 Å². The lowest BCUT2D eigenvalue weighted by Gasteiger charge is -2.33. The van der Waals surface area contributed by atoms with Crippen LogP contribution in [-0.2, 0) is 11.8 Å². The minimum atomic E-state index is -0.298. The molecule has 168 valence electrons. The highest BCUT2D eigenvalue weighted by Gasteiger charge is 2.28. The number of nitrogens with one attached hydrogen (secondary N) is 1. The lowest BCUT2D eigenvalue weighted by atomic mass is 10.1. The van der Waals surface area contributed by atoms with Gasteiger partial charge in [0.05, 0.1) is 29.9 Å². The quantitative estimate of drug-likeness (QED) is 0.515. The summed E-state index contributed by atoms with van der Waals surface area (Å²) in [5.41, 5.74) is 5.03. The number of rotatable bonds is 4. The maximum absolute atomic E-state index is 13.3. The van der Waals surface area contributed by atoms with Crippen molar-refractivity contribution in [1.29, 1.82) is 0 Å². The molecule has 33 heavy (non-hydrogen) atoms. The second-order valence-electron chi connectivity index (χ2n) is 8.29. The van der Waals surface area contributed by atoms with Crippen LogP contribution in [0.3, 0.4) is 0 Å². The lowest BCUT2D eigenvalue weighted by Crippen LogP contribution is -2.42. The van der Waals surface area contributed by atoms with E-state index in [1.807, 2.05) is 78.9 Å². The van der Waals surface area contributed by atoms with E-state index in [9.17, 15) is 4.79 Å². The van der Waals surface area contributed by atoms with E-state index in [0.29, 0.717) is 25.3 Å². The third kappa shape index (κ3) is 4.29. The van der Waals surface area contributed by atoms with Crippen molar-refractivity contribution in [3.05, 3.63) is 77.5 Å². The number of morpholine rings is 1. The Labute approximate surface area is 192 Å². The van der Waals surface area contributed by atoms with Gasteiger partial charge in [-0.15, -0.1) is 0 Å². The Morgan fingerprint density at radius 2 is 2.00 bits per heavy atom. The summed E-state index contributed by atoms with van der Waals surface area (Å²) in [7, 11) is 1.98. The molecule has 0 radical (unpaired) electrons. The molecule has 4 heterocycles. The van der Waals surface area contributed by atoms with Crippen molar-refractivity contribution in [2.75, 3.05) is 25.0 Å². The summed E-state index contributed by atoms with van der Waals surface area (Å²) in [6.45, 7) is 5.35. The summed E-state index contributed by atoms with van der Waals surface area (Å²) in [6.07, 6.45) is 1.45. The highest BCUT2D eigenvalue weighted by atomic mass is 16.5. The monoisotopic (exact) mass is 442 g/mol. The van der Waals surface area contributed by atoms with Crippen LogP contribution in [0.25, 0.3) is 11.0 Å². The molecule has 0 saturated carbocycles. The van der Waals surface area contributed by atoms with Gasteiger partial charge < -0.3 is 19.5 Å². The number of imidazole rings is 1. The average molecular weight is 443 g/mol. The Bertz CT molecular complexity index is 1320. The number of hydrogen-bond acceptors (Lipinski definition) is 6. The van der Waals surface area contributed by atoms with Crippen LogP contribution in [0.2, 0.25) is 0 Å². The molecule has 1 saturated heterocycles. The second-order valence-corrected chi connectivity index (χ2v) is 8.29. The number of carbonyl (C=O) groups is 1. The maximum atomic E-state index is 13.3. The Morgan fingerprint density at radius 3 is 2.82 bits per heavy atom. The topological polar surface area (TPSA) is 85.2 Å². The fourth-order valence-corrected chi connectivity index (χ4v) is 4.16. The van der Waals surface area contributed by atoms with Gasteiger partial charge in [0.1, 0.15) is 17.7 Å². The number of amides is 1. The van der Waals surface area contributed by atoms with Crippen LogP contribution in [0.5, 0.6) is 0 Å². The number of fused-ring (bicyclic) bond motifs is 1. The Morgan fingerprint density at radius 1 is 1.12 bits per heavy atom. The zero-order valence-electron chi connectivity index (χ0n) is 18.9. The molecular formula is C25H26N6O2. The second kappa shape index (κ2) is 8.63. The first-order valence-corrected chi connectivity index (χ1v) is 11.0. The van der Waals surface area contributed by atoms with Crippen LogP contribution in [0.1, 0.15) is 33.7 Å². The van der Waals surface area contributed by atoms with Crippen molar-refractivity contribution in [2.24, 2.45) is 7.05 Å². The van der Waals surface area contributed by atoms with Crippen molar-refractivity contribution >= 4 is 28.4 Å². The fraction of sp³-hybridized carbons (Fsp3) is 0.280. The number of benzene rings is 1. The molecular weight excluding hydrogens is 416 g/mol. The van der Waals surface area contributed by atoms with E-state index >= 15 is 0 Å². The van der Waals surface area contributed by atoms with Crippen molar-refractivity contribution in [3.8, 4) is 0 Å². The number of ether oxygens (including phenoxy) is 1. The minimum absolute atomic E-state index is 0.0204. The molecule has 1 N–H and O–H groups in total. The highest BCUT2D eigenvalue weighted by molar-refractivity contribution is 5.97. The molecule has 1 aliphatic rings. The predicted molar refractivity (Wildman–Crippen MR) is 127 cm³/mol. The van der Waals surface area contributed by atoms with E-state index in [2.05, 4.69) is 20.3 Å². The molecule has 0 bridgehead atoms. The van der Waals surface area contributed by atoms with Gasteiger partial charge in [0, 0.05) is 36.7 Å². The summed E-state index contributed by atoms with van der Waals surface area (Å²) in [5.74, 6) is 1.66. The molecule has 1 atom stereocenters. The number of carbonyl (C=O) groups excluding carboxylic acids is 1. The normalized spacial score (nSPS) is 16.2. The Kier molecular flexibility index (Phi) is 5.51. The van der Waals surface area contributed by atoms with Crippen LogP contribution >= 0.6 is 0 Å². The van der Waals surface area contributed by atoms with Gasteiger partial charge in [-0.3, -0.25) is 9.78 Å². The first-order chi connectivity index (χ1) is 16.0. The number of aromatic nitrogens is 4. The number of nitrogens with zero attached hydrogens (tertiary/aromatic N) is 5. The zero-order chi connectivity index (χ0) is 22.9. The molecule has 3 aromatic heterocycles. The van der Waals surface area contributed by atoms with Gasteiger partial charge in [-0.05, 0) is 56.3 Å². The SMILES string of the molecule is Cc1cc(Nc2ccccn2)cc([C@@H]2CN(C(=O)c3ccc4c(c3)nc(C)n4C)CCO2)n1. The van der Waals surface area contributed by atoms with Gasteiger partial charge in [0.2, 0.25) is 0 Å². The molecule has 4 aromatic rings. The van der Waals surface area contributed by atoms with Crippen LogP contribution < -0.4 is 5.32 Å². The van der Waals surface area contributed by atoms with Gasteiger partial charge in [0.25, 0.3) is 5.91 Å². The Hall–Kier alpha value is -3.78. The first kappa shape index (κ1) is 21.1. The largest absolute Gasteiger partial charge is 0.368 e. The van der Waals surface area contributed by atoms with E-state index in [0.717, 1.165) is 39.8 Å². The van der Waals surface area contributed by atoms with Gasteiger partial charge in [-0.2, -0.15) is 0 Å². The van der Waals surface area contributed by atoms with E-state index in [-0.39, 0.29) is 12.0 Å². The number of anilines is 2. The summed E-state index contributed by atoms with van der Waals surface area (Å²) in [5, 5.41) is 3.31. The molecule has 0 aliphatic carbocycles. The smallest absolute Gasteiger partial charge is 0.254 e. The van der Waals surface area contributed by atoms with Gasteiger partial charge in [-0.1, -0.05) is 6.07 Å². The minimum Gasteiger partial charge on any atom is -0.368 e. The molecule has 0 spiro atoms. The molecule has 8 heteroatoms. The van der Waals surface area contributed by atoms with Gasteiger partial charge in [0.15, 0.2) is 0 Å². The van der Waals surface area contributed by atoms with E-state index in [4.69, 9.17) is 4.74 Å². The third-order valence-electron chi connectivity index (χ3n) is 5.95. The fourth-order valence-electron chi connectivity index (χ4n) is 4.16. The molecule has 1 fully saturated rings. The zero-order valence-corrected chi connectivity index (χ0v) is 18.9. The maximum Gasteiger partial charge on any atom is 0.254 e. The summed E-state index contributed by atoms with van der Waals surface area (Å²) in [4.78, 5) is 28.7. The molecule has 1 amide bonds. The lowest BCUT2D eigenvalue weighted by molar-refractivity contribution is -0.0247.